The molecular weight excluding hydrogens is 368 g/mol. The predicted molar refractivity (Wildman–Crippen MR) is 114 cm³/mol. The lowest BCUT2D eigenvalue weighted by Gasteiger charge is -2.17. The fraction of sp³-hybridized carbons (Fsp3) is 0.304. The lowest BCUT2D eigenvalue weighted by molar-refractivity contribution is 0.0948. The molecule has 0 radical (unpaired) electrons. The fourth-order valence-electron chi connectivity index (χ4n) is 3.17. The average Bonchev–Trinajstić information content (AvgIpc) is 3.05. The number of aromatic nitrogens is 1. The van der Waals surface area contributed by atoms with Crippen LogP contribution in [0.5, 0.6) is 0 Å². The molecule has 1 atom stereocenters. The van der Waals surface area contributed by atoms with E-state index in [0.717, 1.165) is 34.1 Å². The van der Waals surface area contributed by atoms with Gasteiger partial charge in [0.25, 0.3) is 5.91 Å². The molecule has 0 aliphatic rings. The van der Waals surface area contributed by atoms with Crippen LogP contribution in [-0.2, 0) is 5.75 Å². The van der Waals surface area contributed by atoms with Gasteiger partial charge in [0.1, 0.15) is 5.76 Å². The second kappa shape index (κ2) is 9.60. The van der Waals surface area contributed by atoms with Crippen LogP contribution in [0.15, 0.2) is 64.0 Å². The van der Waals surface area contributed by atoms with E-state index >= 15 is 0 Å². The maximum Gasteiger partial charge on any atom is 0.252 e. The Labute approximate surface area is 170 Å². The number of nitrogens with zero attached hydrogens (tertiary/aromatic N) is 1. The van der Waals surface area contributed by atoms with E-state index in [-0.39, 0.29) is 5.91 Å². The number of rotatable bonds is 8. The smallest absolute Gasteiger partial charge is 0.252 e. The Morgan fingerprint density at radius 1 is 1.11 bits per heavy atom. The summed E-state index contributed by atoms with van der Waals surface area (Å²) in [6, 6.07) is 18.1. The highest BCUT2D eigenvalue weighted by Crippen LogP contribution is 2.29. The Morgan fingerprint density at radius 2 is 1.82 bits per heavy atom. The molecule has 0 aliphatic carbocycles. The molecule has 1 amide bonds. The van der Waals surface area contributed by atoms with Gasteiger partial charge in [-0.1, -0.05) is 54.5 Å². The van der Waals surface area contributed by atoms with Crippen molar-refractivity contribution in [3.8, 4) is 0 Å². The zero-order chi connectivity index (χ0) is 19.9. The second-order valence-electron chi connectivity index (χ2n) is 6.81. The van der Waals surface area contributed by atoms with Crippen molar-refractivity contribution in [2.45, 2.75) is 43.8 Å². The maximum atomic E-state index is 12.9. The number of aryl methyl sites for hydroxylation is 2. The minimum Gasteiger partial charge on any atom is -0.361 e. The van der Waals surface area contributed by atoms with Crippen molar-refractivity contribution in [1.82, 2.24) is 10.5 Å². The van der Waals surface area contributed by atoms with Gasteiger partial charge in [-0.05, 0) is 38.0 Å². The number of amides is 1. The van der Waals surface area contributed by atoms with E-state index in [0.29, 0.717) is 18.0 Å². The molecule has 5 heteroatoms. The summed E-state index contributed by atoms with van der Waals surface area (Å²) in [4.78, 5) is 13.8. The van der Waals surface area contributed by atoms with Crippen molar-refractivity contribution in [3.05, 3.63) is 82.7 Å². The highest BCUT2D eigenvalue weighted by Gasteiger charge is 2.16. The number of nitrogens with one attached hydrogen (secondary N) is 1. The minimum atomic E-state index is -0.0313. The SMILES string of the molecule is CCC(CNC(=O)c1ccccc1SCc1c(C)noc1C)c1ccccc1. The molecule has 0 spiro atoms. The molecule has 0 fully saturated rings. The predicted octanol–water partition coefficient (Wildman–Crippen LogP) is 5.51. The minimum absolute atomic E-state index is 0.0313. The van der Waals surface area contributed by atoms with Crippen molar-refractivity contribution in [1.29, 1.82) is 0 Å². The Bertz CT molecular complexity index is 902. The molecule has 2 aromatic carbocycles. The molecule has 0 aliphatic heterocycles. The summed E-state index contributed by atoms with van der Waals surface area (Å²) in [6.45, 7) is 6.64. The number of thioether (sulfide) groups is 1. The molecule has 1 aromatic heterocycles. The molecule has 1 heterocycles. The van der Waals surface area contributed by atoms with Gasteiger partial charge in [0, 0.05) is 28.7 Å². The lowest BCUT2D eigenvalue weighted by atomic mass is 9.96. The average molecular weight is 395 g/mol. The quantitative estimate of drug-likeness (QED) is 0.512. The van der Waals surface area contributed by atoms with Crippen LogP contribution in [0.2, 0.25) is 0 Å². The zero-order valence-electron chi connectivity index (χ0n) is 16.6. The van der Waals surface area contributed by atoms with Crippen LogP contribution in [0.4, 0.5) is 0 Å². The summed E-state index contributed by atoms with van der Waals surface area (Å²) in [5.41, 5.74) is 3.96. The summed E-state index contributed by atoms with van der Waals surface area (Å²) in [5, 5.41) is 7.13. The number of carbonyl (C=O) groups excluding carboxylic acids is 1. The van der Waals surface area contributed by atoms with Gasteiger partial charge in [0.15, 0.2) is 0 Å². The number of carbonyl (C=O) groups is 1. The Balaban J connectivity index is 1.67. The summed E-state index contributed by atoms with van der Waals surface area (Å²) >= 11 is 1.64. The van der Waals surface area contributed by atoms with Crippen LogP contribution in [0.1, 0.15) is 52.2 Å². The normalized spacial score (nSPS) is 12.0. The number of benzene rings is 2. The zero-order valence-corrected chi connectivity index (χ0v) is 17.4. The van der Waals surface area contributed by atoms with E-state index in [9.17, 15) is 4.79 Å². The van der Waals surface area contributed by atoms with Gasteiger partial charge >= 0.3 is 0 Å². The van der Waals surface area contributed by atoms with Gasteiger partial charge in [-0.15, -0.1) is 11.8 Å². The molecule has 0 saturated heterocycles. The van der Waals surface area contributed by atoms with Gasteiger partial charge in [-0.25, -0.2) is 0 Å². The van der Waals surface area contributed by atoms with Crippen molar-refractivity contribution in [2.24, 2.45) is 0 Å². The molecule has 3 aromatic rings. The standard InChI is InChI=1S/C23H26N2O2S/c1-4-18(19-10-6-5-7-11-19)14-24-23(26)20-12-8-9-13-22(20)28-15-21-16(2)25-27-17(21)3/h5-13,18H,4,14-15H2,1-3H3,(H,24,26). The van der Waals surface area contributed by atoms with Crippen molar-refractivity contribution in [2.75, 3.05) is 6.54 Å². The van der Waals surface area contributed by atoms with Gasteiger partial charge in [-0.3, -0.25) is 4.79 Å². The molecule has 0 bridgehead atoms. The molecule has 146 valence electrons. The van der Waals surface area contributed by atoms with Crippen LogP contribution in [0.3, 0.4) is 0 Å². The molecule has 0 saturated carbocycles. The fourth-order valence-corrected chi connectivity index (χ4v) is 4.38. The third-order valence-corrected chi connectivity index (χ3v) is 6.06. The molecule has 3 rings (SSSR count). The lowest BCUT2D eigenvalue weighted by Crippen LogP contribution is -2.28. The van der Waals surface area contributed by atoms with Gasteiger partial charge < -0.3 is 9.84 Å². The van der Waals surface area contributed by atoms with Crippen LogP contribution < -0.4 is 5.32 Å². The first-order valence-electron chi connectivity index (χ1n) is 9.56. The summed E-state index contributed by atoms with van der Waals surface area (Å²) in [6.07, 6.45) is 0.979. The first-order valence-corrected chi connectivity index (χ1v) is 10.6. The summed E-state index contributed by atoms with van der Waals surface area (Å²) < 4.78 is 5.24. The molecule has 4 nitrogen and oxygen atoms in total. The van der Waals surface area contributed by atoms with Crippen LogP contribution >= 0.6 is 11.8 Å². The molecule has 1 N–H and O–H groups in total. The molecular formula is C23H26N2O2S. The Kier molecular flexibility index (Phi) is 6.93. The maximum absolute atomic E-state index is 12.9. The first kappa shape index (κ1) is 20.2. The van der Waals surface area contributed by atoms with Crippen molar-refractivity contribution >= 4 is 17.7 Å². The summed E-state index contributed by atoms with van der Waals surface area (Å²) in [5.74, 6) is 1.84. The van der Waals surface area contributed by atoms with Crippen LogP contribution in [-0.4, -0.2) is 17.6 Å². The van der Waals surface area contributed by atoms with E-state index in [1.54, 1.807) is 11.8 Å². The Morgan fingerprint density at radius 3 is 2.50 bits per heavy atom. The van der Waals surface area contributed by atoms with Crippen molar-refractivity contribution in [3.63, 3.8) is 0 Å². The highest BCUT2D eigenvalue weighted by molar-refractivity contribution is 7.98. The van der Waals surface area contributed by atoms with Gasteiger partial charge in [0.05, 0.1) is 11.3 Å². The second-order valence-corrected chi connectivity index (χ2v) is 7.83. The van der Waals surface area contributed by atoms with Crippen molar-refractivity contribution < 1.29 is 9.32 Å². The van der Waals surface area contributed by atoms with Gasteiger partial charge in [-0.2, -0.15) is 0 Å². The van der Waals surface area contributed by atoms with E-state index in [1.807, 2.05) is 56.3 Å². The van der Waals surface area contributed by atoms with Crippen LogP contribution in [0.25, 0.3) is 0 Å². The Hall–Kier alpha value is -2.53. The van der Waals surface area contributed by atoms with E-state index in [1.165, 1.54) is 5.56 Å². The topological polar surface area (TPSA) is 55.1 Å². The summed E-state index contributed by atoms with van der Waals surface area (Å²) in [7, 11) is 0. The first-order chi connectivity index (χ1) is 13.6. The third-order valence-electron chi connectivity index (χ3n) is 4.96. The molecule has 28 heavy (non-hydrogen) atoms. The van der Waals surface area contributed by atoms with Gasteiger partial charge in [0.2, 0.25) is 0 Å². The largest absolute Gasteiger partial charge is 0.361 e. The third kappa shape index (κ3) is 4.84. The highest BCUT2D eigenvalue weighted by atomic mass is 32.2. The number of hydrogen-bond donors (Lipinski definition) is 1. The van der Waals surface area contributed by atoms with E-state index in [4.69, 9.17) is 4.52 Å². The van der Waals surface area contributed by atoms with E-state index in [2.05, 4.69) is 29.5 Å². The van der Waals surface area contributed by atoms with Crippen LogP contribution in [0, 0.1) is 13.8 Å². The number of hydrogen-bond acceptors (Lipinski definition) is 4. The van der Waals surface area contributed by atoms with E-state index < -0.39 is 0 Å². The monoisotopic (exact) mass is 394 g/mol. The molecule has 1 unspecified atom stereocenters.